The lowest BCUT2D eigenvalue weighted by atomic mass is 9.92. The molecule has 0 amide bonds. The van der Waals surface area contributed by atoms with Crippen LogP contribution in [0.15, 0.2) is 12.1 Å². The van der Waals surface area contributed by atoms with Crippen LogP contribution < -0.4 is 0 Å². The van der Waals surface area contributed by atoms with Gasteiger partial charge in [-0.1, -0.05) is 55.0 Å². The molecule has 0 aromatic heterocycles. The molecular weight excluding hydrogens is 227 g/mol. The molecule has 0 spiro atoms. The van der Waals surface area contributed by atoms with E-state index in [1.54, 1.807) is 0 Å². The summed E-state index contributed by atoms with van der Waals surface area (Å²) < 4.78 is 0. The zero-order valence-electron chi connectivity index (χ0n) is 8.73. The zero-order chi connectivity index (χ0) is 10.7. The Balaban J connectivity index is 2.19. The Bertz CT molecular complexity index is 325. The second-order valence-electron chi connectivity index (χ2n) is 4.26. The van der Waals surface area contributed by atoms with E-state index in [9.17, 15) is 0 Å². The quantitative estimate of drug-likeness (QED) is 0.591. The molecule has 0 N–H and O–H groups in total. The van der Waals surface area contributed by atoms with Crippen LogP contribution in [0.1, 0.15) is 50.0 Å². The summed E-state index contributed by atoms with van der Waals surface area (Å²) in [7, 11) is 0. The van der Waals surface area contributed by atoms with Crippen LogP contribution in [0, 0.1) is 6.07 Å². The van der Waals surface area contributed by atoms with Gasteiger partial charge in [-0.3, -0.25) is 0 Å². The molecule has 0 nitrogen and oxygen atoms in total. The van der Waals surface area contributed by atoms with E-state index < -0.39 is 0 Å². The van der Waals surface area contributed by atoms with Gasteiger partial charge in [-0.15, -0.1) is 0 Å². The molecule has 81 valence electrons. The molecule has 15 heavy (non-hydrogen) atoms. The highest BCUT2D eigenvalue weighted by Gasteiger charge is 2.16. The molecule has 2 heteroatoms. The predicted molar refractivity (Wildman–Crippen MR) is 65.7 cm³/mol. The molecule has 0 aliphatic heterocycles. The lowest BCUT2D eigenvalue weighted by Gasteiger charge is -2.15. The third kappa shape index (κ3) is 2.89. The minimum absolute atomic E-state index is 0.609. The highest BCUT2D eigenvalue weighted by Crippen LogP contribution is 2.35. The first kappa shape index (κ1) is 11.3. The van der Waals surface area contributed by atoms with Crippen molar-refractivity contribution in [3.8, 4) is 0 Å². The highest BCUT2D eigenvalue weighted by molar-refractivity contribution is 6.34. The van der Waals surface area contributed by atoms with Gasteiger partial charge in [0, 0.05) is 6.07 Å². The maximum atomic E-state index is 6.18. The monoisotopic (exact) mass is 241 g/mol. The smallest absolute Gasteiger partial charge is 0.0535 e. The summed E-state index contributed by atoms with van der Waals surface area (Å²) in [5.41, 5.74) is 1.24. The molecule has 0 heterocycles. The number of halogens is 2. The molecule has 1 aliphatic rings. The Labute approximate surface area is 102 Å². The van der Waals surface area contributed by atoms with E-state index >= 15 is 0 Å². The van der Waals surface area contributed by atoms with Crippen LogP contribution in [-0.2, 0) is 0 Å². The van der Waals surface area contributed by atoms with E-state index in [0.717, 1.165) is 5.02 Å². The summed E-state index contributed by atoms with van der Waals surface area (Å²) >= 11 is 12.0. The zero-order valence-corrected chi connectivity index (χ0v) is 10.2. The van der Waals surface area contributed by atoms with Crippen LogP contribution in [0.5, 0.6) is 0 Å². The molecule has 0 bridgehead atoms. The van der Waals surface area contributed by atoms with Crippen LogP contribution >= 0.6 is 23.2 Å². The van der Waals surface area contributed by atoms with Crippen molar-refractivity contribution in [1.82, 2.24) is 0 Å². The van der Waals surface area contributed by atoms with E-state index in [1.807, 2.05) is 6.07 Å². The van der Waals surface area contributed by atoms with Gasteiger partial charge < -0.3 is 0 Å². The molecule has 0 atom stereocenters. The van der Waals surface area contributed by atoms with Crippen LogP contribution in [-0.4, -0.2) is 0 Å². The summed E-state index contributed by atoms with van der Waals surface area (Å²) in [5.74, 6) is 0.619. The van der Waals surface area contributed by atoms with Crippen molar-refractivity contribution in [1.29, 1.82) is 0 Å². The largest absolute Gasteiger partial charge is 0.0836 e. The average molecular weight is 242 g/mol. The van der Waals surface area contributed by atoms with Crippen molar-refractivity contribution in [2.75, 3.05) is 0 Å². The van der Waals surface area contributed by atoms with Crippen molar-refractivity contribution in [2.45, 2.75) is 44.4 Å². The normalized spacial score (nSPS) is 18.8. The van der Waals surface area contributed by atoms with E-state index in [4.69, 9.17) is 23.2 Å². The summed E-state index contributed by atoms with van der Waals surface area (Å²) in [6, 6.07) is 6.95. The fraction of sp³-hybridized carbons (Fsp3) is 0.538. The topological polar surface area (TPSA) is 0 Å². The third-order valence-electron chi connectivity index (χ3n) is 3.19. The van der Waals surface area contributed by atoms with Gasteiger partial charge >= 0.3 is 0 Å². The Morgan fingerprint density at radius 2 is 1.67 bits per heavy atom. The summed E-state index contributed by atoms with van der Waals surface area (Å²) in [6.07, 6.45) is 7.90. The van der Waals surface area contributed by atoms with Crippen molar-refractivity contribution in [2.24, 2.45) is 0 Å². The summed E-state index contributed by atoms with van der Waals surface area (Å²) in [6.45, 7) is 0. The first-order valence-electron chi connectivity index (χ1n) is 5.64. The Kier molecular flexibility index (Phi) is 3.93. The number of rotatable bonds is 1. The maximum absolute atomic E-state index is 6.18. The van der Waals surface area contributed by atoms with Gasteiger partial charge in [0.15, 0.2) is 0 Å². The van der Waals surface area contributed by atoms with Crippen molar-refractivity contribution in [3.05, 3.63) is 33.8 Å². The van der Waals surface area contributed by atoms with Gasteiger partial charge in [-0.25, -0.2) is 0 Å². The van der Waals surface area contributed by atoms with Gasteiger partial charge in [0.05, 0.1) is 10.0 Å². The molecule has 1 fully saturated rings. The first-order chi connectivity index (χ1) is 7.27. The number of benzene rings is 1. The van der Waals surface area contributed by atoms with Crippen LogP contribution in [0.3, 0.4) is 0 Å². The molecule has 1 aromatic carbocycles. The maximum Gasteiger partial charge on any atom is 0.0535 e. The summed E-state index contributed by atoms with van der Waals surface area (Å²) in [4.78, 5) is 0. The Morgan fingerprint density at radius 3 is 2.27 bits per heavy atom. The van der Waals surface area contributed by atoms with E-state index in [-0.39, 0.29) is 0 Å². The van der Waals surface area contributed by atoms with E-state index in [0.29, 0.717) is 10.9 Å². The highest BCUT2D eigenvalue weighted by atomic mass is 35.5. The number of hydrogen-bond donors (Lipinski definition) is 0. The van der Waals surface area contributed by atoms with Crippen molar-refractivity contribution < 1.29 is 0 Å². The van der Waals surface area contributed by atoms with Gasteiger partial charge in [-0.05, 0) is 30.4 Å². The van der Waals surface area contributed by atoms with Crippen LogP contribution in [0.25, 0.3) is 0 Å². The molecule has 2 rings (SSSR count). The predicted octanol–water partition coefficient (Wildman–Crippen LogP) is 5.23. The molecule has 1 aromatic rings. The Hall–Kier alpha value is -0.200. The molecule has 0 saturated heterocycles. The molecular formula is C13H15Cl2. The standard InChI is InChI=1S/C13H15Cl2/c14-11-7-8-12(13(15)9-11)10-5-3-1-2-4-6-10/h7-8,10H,1-6H2. The molecule has 1 aliphatic carbocycles. The fourth-order valence-electron chi connectivity index (χ4n) is 2.36. The van der Waals surface area contributed by atoms with Gasteiger partial charge in [0.1, 0.15) is 0 Å². The van der Waals surface area contributed by atoms with E-state index in [1.165, 1.54) is 44.1 Å². The summed E-state index contributed by atoms with van der Waals surface area (Å²) in [5, 5.41) is 1.33. The second kappa shape index (κ2) is 5.23. The lowest BCUT2D eigenvalue weighted by Crippen LogP contribution is -1.98. The molecule has 1 radical (unpaired) electrons. The SMILES string of the molecule is Clc1[c]c(Cl)c(C2CCCCCC2)cc1. The minimum Gasteiger partial charge on any atom is -0.0836 e. The van der Waals surface area contributed by atoms with Crippen LogP contribution in [0.2, 0.25) is 10.0 Å². The minimum atomic E-state index is 0.609. The lowest BCUT2D eigenvalue weighted by molar-refractivity contribution is 0.592. The van der Waals surface area contributed by atoms with Gasteiger partial charge in [-0.2, -0.15) is 0 Å². The second-order valence-corrected chi connectivity index (χ2v) is 5.05. The fourth-order valence-corrected chi connectivity index (χ4v) is 2.89. The van der Waals surface area contributed by atoms with E-state index in [2.05, 4.69) is 12.1 Å². The average Bonchev–Trinajstić information content (AvgIpc) is 2.46. The van der Waals surface area contributed by atoms with Gasteiger partial charge in [0.2, 0.25) is 0 Å². The molecule has 1 saturated carbocycles. The third-order valence-corrected chi connectivity index (χ3v) is 3.72. The number of hydrogen-bond acceptors (Lipinski definition) is 0. The van der Waals surface area contributed by atoms with Crippen LogP contribution in [0.4, 0.5) is 0 Å². The first-order valence-corrected chi connectivity index (χ1v) is 6.40. The Morgan fingerprint density at radius 1 is 1.00 bits per heavy atom. The molecule has 0 unspecified atom stereocenters. The van der Waals surface area contributed by atoms with Gasteiger partial charge in [0.25, 0.3) is 0 Å². The van der Waals surface area contributed by atoms with Crippen molar-refractivity contribution >= 4 is 23.2 Å². The van der Waals surface area contributed by atoms with Crippen molar-refractivity contribution in [3.63, 3.8) is 0 Å².